The molecule has 0 bridgehead atoms. The van der Waals surface area contributed by atoms with Gasteiger partial charge in [0.25, 0.3) is 0 Å². The van der Waals surface area contributed by atoms with Crippen LogP contribution in [0.25, 0.3) is 0 Å². The molecule has 0 radical (unpaired) electrons. The lowest BCUT2D eigenvalue weighted by Gasteiger charge is -2.21. The van der Waals surface area contributed by atoms with Crippen molar-refractivity contribution in [3.63, 3.8) is 0 Å². The van der Waals surface area contributed by atoms with E-state index in [2.05, 4.69) is 31.2 Å². The predicted octanol–water partition coefficient (Wildman–Crippen LogP) is 3.84. The zero-order chi connectivity index (χ0) is 11.5. The third-order valence-corrected chi connectivity index (χ3v) is 3.63. The van der Waals surface area contributed by atoms with E-state index in [-0.39, 0.29) is 4.75 Å². The molecule has 2 heteroatoms. The molecule has 0 aliphatic heterocycles. The fourth-order valence-electron chi connectivity index (χ4n) is 1.38. The third kappa shape index (κ3) is 3.38. The van der Waals surface area contributed by atoms with Crippen molar-refractivity contribution in [2.75, 3.05) is 0 Å². The van der Waals surface area contributed by atoms with Gasteiger partial charge < -0.3 is 0 Å². The van der Waals surface area contributed by atoms with Gasteiger partial charge >= 0.3 is 0 Å². The summed E-state index contributed by atoms with van der Waals surface area (Å²) in [7, 11) is 0. The first-order valence-corrected chi connectivity index (χ1v) is 6.06. The van der Waals surface area contributed by atoms with Crippen LogP contribution in [-0.2, 0) is 4.79 Å². The number of hydrogen-bond acceptors (Lipinski definition) is 2. The molecule has 0 spiro atoms. The van der Waals surface area contributed by atoms with Crippen LogP contribution in [0.4, 0.5) is 0 Å². The number of thioether (sulfide) groups is 1. The standard InChI is InChI=1S/C13H18OS/c1-5-12(14)13(3,4)15-11-8-6-10(2)7-9-11/h6-9H,5H2,1-4H3. The van der Waals surface area contributed by atoms with E-state index in [4.69, 9.17) is 0 Å². The van der Waals surface area contributed by atoms with Crippen LogP contribution in [0.1, 0.15) is 32.8 Å². The Morgan fingerprint density at radius 1 is 1.27 bits per heavy atom. The summed E-state index contributed by atoms with van der Waals surface area (Å²) in [6.07, 6.45) is 0.603. The van der Waals surface area contributed by atoms with Crippen molar-refractivity contribution in [3.8, 4) is 0 Å². The molecule has 1 nitrogen and oxygen atoms in total. The lowest BCUT2D eigenvalue weighted by atomic mass is 10.1. The number of rotatable bonds is 4. The molecule has 0 aromatic heterocycles. The third-order valence-electron chi connectivity index (χ3n) is 2.39. The number of Topliss-reactive ketones (excluding diaryl/α,β-unsaturated/α-hetero) is 1. The minimum absolute atomic E-state index is 0.299. The summed E-state index contributed by atoms with van der Waals surface area (Å²) in [4.78, 5) is 12.8. The second-order valence-electron chi connectivity index (χ2n) is 4.20. The van der Waals surface area contributed by atoms with Crippen LogP contribution >= 0.6 is 11.8 Å². The Kier molecular flexibility index (Phi) is 3.97. The van der Waals surface area contributed by atoms with E-state index in [9.17, 15) is 4.79 Å². The minimum atomic E-state index is -0.315. The van der Waals surface area contributed by atoms with Crippen LogP contribution in [0.15, 0.2) is 29.2 Å². The summed E-state index contributed by atoms with van der Waals surface area (Å²) in [5.41, 5.74) is 1.25. The van der Waals surface area contributed by atoms with Crippen molar-refractivity contribution >= 4 is 17.5 Å². The number of hydrogen-bond donors (Lipinski definition) is 0. The second kappa shape index (κ2) is 4.84. The lowest BCUT2D eigenvalue weighted by molar-refractivity contribution is -0.120. The Morgan fingerprint density at radius 2 is 1.80 bits per heavy atom. The van der Waals surface area contributed by atoms with Gasteiger partial charge in [-0.15, -0.1) is 11.8 Å². The summed E-state index contributed by atoms with van der Waals surface area (Å²) in [6.45, 7) is 7.96. The van der Waals surface area contributed by atoms with Crippen molar-refractivity contribution in [1.82, 2.24) is 0 Å². The molecule has 15 heavy (non-hydrogen) atoms. The number of carbonyl (C=O) groups excluding carboxylic acids is 1. The van der Waals surface area contributed by atoms with E-state index >= 15 is 0 Å². The summed E-state index contributed by atoms with van der Waals surface area (Å²) < 4.78 is -0.315. The molecular formula is C13H18OS. The maximum Gasteiger partial charge on any atom is 0.148 e. The summed E-state index contributed by atoms with van der Waals surface area (Å²) >= 11 is 1.64. The molecule has 0 unspecified atom stereocenters. The van der Waals surface area contributed by atoms with Gasteiger partial charge in [-0.3, -0.25) is 4.79 Å². The van der Waals surface area contributed by atoms with Gasteiger partial charge in [0.2, 0.25) is 0 Å². The number of ketones is 1. The van der Waals surface area contributed by atoms with Gasteiger partial charge in [0.1, 0.15) is 5.78 Å². The van der Waals surface area contributed by atoms with Gasteiger partial charge in [-0.05, 0) is 32.9 Å². The van der Waals surface area contributed by atoms with Crippen LogP contribution in [0.5, 0.6) is 0 Å². The summed E-state index contributed by atoms with van der Waals surface area (Å²) in [5.74, 6) is 0.299. The van der Waals surface area contributed by atoms with E-state index in [1.54, 1.807) is 11.8 Å². The average Bonchev–Trinajstić information content (AvgIpc) is 2.20. The fourth-order valence-corrected chi connectivity index (χ4v) is 2.50. The Bertz CT molecular complexity index is 338. The summed E-state index contributed by atoms with van der Waals surface area (Å²) in [5, 5.41) is 0. The molecule has 0 aliphatic rings. The number of carbonyl (C=O) groups is 1. The molecule has 1 rings (SSSR count). The maximum atomic E-state index is 11.7. The Labute approximate surface area is 96.3 Å². The molecule has 0 atom stereocenters. The molecule has 0 saturated heterocycles. The van der Waals surface area contributed by atoms with Crippen LogP contribution in [0.2, 0.25) is 0 Å². The highest BCUT2D eigenvalue weighted by atomic mass is 32.2. The van der Waals surface area contributed by atoms with Crippen molar-refractivity contribution in [1.29, 1.82) is 0 Å². The Morgan fingerprint density at radius 3 is 2.27 bits per heavy atom. The Balaban J connectivity index is 2.77. The molecule has 0 heterocycles. The average molecular weight is 222 g/mol. The van der Waals surface area contributed by atoms with Crippen molar-refractivity contribution in [3.05, 3.63) is 29.8 Å². The smallest absolute Gasteiger partial charge is 0.148 e. The highest BCUT2D eigenvalue weighted by Crippen LogP contribution is 2.33. The quantitative estimate of drug-likeness (QED) is 0.720. The highest BCUT2D eigenvalue weighted by Gasteiger charge is 2.26. The molecular weight excluding hydrogens is 204 g/mol. The maximum absolute atomic E-state index is 11.7. The van der Waals surface area contributed by atoms with E-state index in [1.165, 1.54) is 5.56 Å². The van der Waals surface area contributed by atoms with Crippen molar-refractivity contribution < 1.29 is 4.79 Å². The van der Waals surface area contributed by atoms with E-state index in [1.807, 2.05) is 20.8 Å². The molecule has 0 amide bonds. The first kappa shape index (κ1) is 12.3. The largest absolute Gasteiger partial charge is 0.298 e. The fraction of sp³-hybridized carbons (Fsp3) is 0.462. The topological polar surface area (TPSA) is 17.1 Å². The molecule has 0 fully saturated rings. The van der Waals surface area contributed by atoms with Crippen molar-refractivity contribution in [2.45, 2.75) is 43.8 Å². The zero-order valence-corrected chi connectivity index (χ0v) is 10.6. The van der Waals surface area contributed by atoms with Gasteiger partial charge in [-0.25, -0.2) is 0 Å². The predicted molar refractivity (Wildman–Crippen MR) is 66.4 cm³/mol. The number of aryl methyl sites for hydroxylation is 1. The van der Waals surface area contributed by atoms with Gasteiger partial charge in [-0.2, -0.15) is 0 Å². The van der Waals surface area contributed by atoms with Crippen molar-refractivity contribution in [2.24, 2.45) is 0 Å². The van der Waals surface area contributed by atoms with Crippen LogP contribution < -0.4 is 0 Å². The first-order valence-electron chi connectivity index (χ1n) is 5.24. The SMILES string of the molecule is CCC(=O)C(C)(C)Sc1ccc(C)cc1. The molecule has 1 aromatic rings. The van der Waals surface area contributed by atoms with Crippen LogP contribution in [0.3, 0.4) is 0 Å². The minimum Gasteiger partial charge on any atom is -0.298 e. The van der Waals surface area contributed by atoms with Gasteiger partial charge in [-0.1, -0.05) is 24.6 Å². The monoisotopic (exact) mass is 222 g/mol. The van der Waals surface area contributed by atoms with E-state index < -0.39 is 0 Å². The summed E-state index contributed by atoms with van der Waals surface area (Å²) in [6, 6.07) is 8.30. The van der Waals surface area contributed by atoms with Gasteiger partial charge in [0.15, 0.2) is 0 Å². The first-order chi connectivity index (χ1) is 6.95. The highest BCUT2D eigenvalue weighted by molar-refractivity contribution is 8.01. The molecule has 1 aromatic carbocycles. The van der Waals surface area contributed by atoms with Crippen LogP contribution in [-0.4, -0.2) is 10.5 Å². The number of benzene rings is 1. The second-order valence-corrected chi connectivity index (χ2v) is 5.90. The van der Waals surface area contributed by atoms with E-state index in [0.29, 0.717) is 12.2 Å². The van der Waals surface area contributed by atoms with Gasteiger partial charge in [0, 0.05) is 11.3 Å². The zero-order valence-electron chi connectivity index (χ0n) is 9.83. The van der Waals surface area contributed by atoms with Crippen LogP contribution in [0, 0.1) is 6.92 Å². The van der Waals surface area contributed by atoms with Gasteiger partial charge in [0.05, 0.1) is 4.75 Å². The molecule has 0 aliphatic carbocycles. The molecule has 0 N–H and O–H groups in total. The van der Waals surface area contributed by atoms with E-state index in [0.717, 1.165) is 4.90 Å². The Hall–Kier alpha value is -0.760. The molecule has 82 valence electrons. The lowest BCUT2D eigenvalue weighted by Crippen LogP contribution is -2.26. The normalized spacial score (nSPS) is 11.5. The molecule has 0 saturated carbocycles.